The number of rotatable bonds is 5. The number of amides is 2. The number of nitrogens with zero attached hydrogens (tertiary/aromatic N) is 2. The number of hydrogen-bond donors (Lipinski definition) is 2. The number of aromatic nitrogens is 2. The minimum atomic E-state index is -0.481. The monoisotopic (exact) mass is 374 g/mol. The van der Waals surface area contributed by atoms with Crippen LogP contribution in [0.5, 0.6) is 0 Å². The molecule has 1 aliphatic carbocycles. The number of hydrogen-bond acceptors (Lipinski definition) is 6. The molecule has 2 amide bonds. The van der Waals surface area contributed by atoms with E-state index in [1.807, 2.05) is 6.07 Å². The Hall–Kier alpha value is -2.35. The Balaban J connectivity index is 1.48. The van der Waals surface area contributed by atoms with Crippen molar-refractivity contribution in [3.8, 4) is 0 Å². The van der Waals surface area contributed by atoms with Gasteiger partial charge in [-0.1, -0.05) is 49.2 Å². The number of carbonyl (C=O) groups excluding carboxylic acids is 2. The number of thioether (sulfide) groups is 1. The Morgan fingerprint density at radius 2 is 1.85 bits per heavy atom. The molecule has 26 heavy (non-hydrogen) atoms. The molecule has 0 aliphatic heterocycles. The third-order valence-corrected chi connectivity index (χ3v) is 5.29. The van der Waals surface area contributed by atoms with E-state index < -0.39 is 5.25 Å². The Labute approximate surface area is 156 Å². The van der Waals surface area contributed by atoms with Gasteiger partial charge in [-0.05, 0) is 31.9 Å². The van der Waals surface area contributed by atoms with Gasteiger partial charge in [-0.25, -0.2) is 0 Å². The maximum atomic E-state index is 12.2. The number of nitrogens with one attached hydrogen (secondary N) is 2. The molecule has 0 spiro atoms. The second-order valence-corrected chi connectivity index (χ2v) is 7.60. The van der Waals surface area contributed by atoms with Crippen LogP contribution in [0.1, 0.15) is 61.2 Å². The molecule has 1 heterocycles. The van der Waals surface area contributed by atoms with Crippen molar-refractivity contribution in [3.63, 3.8) is 0 Å². The summed E-state index contributed by atoms with van der Waals surface area (Å²) in [7, 11) is 0. The topological polar surface area (TPSA) is 97.1 Å². The average Bonchev–Trinajstić information content (AvgIpc) is 3.15. The van der Waals surface area contributed by atoms with Gasteiger partial charge in [-0.3, -0.25) is 20.4 Å². The van der Waals surface area contributed by atoms with E-state index in [4.69, 9.17) is 4.42 Å². The fraction of sp³-hybridized carbons (Fsp3) is 0.444. The molecular weight excluding hydrogens is 352 g/mol. The summed E-state index contributed by atoms with van der Waals surface area (Å²) in [5.74, 6) is 0.294. The number of carbonyl (C=O) groups is 2. The van der Waals surface area contributed by atoms with E-state index in [0.29, 0.717) is 22.6 Å². The normalized spacial score (nSPS) is 16.0. The van der Waals surface area contributed by atoms with Crippen molar-refractivity contribution in [3.05, 3.63) is 41.8 Å². The molecule has 0 saturated heterocycles. The van der Waals surface area contributed by atoms with Crippen molar-refractivity contribution in [1.29, 1.82) is 0 Å². The molecule has 2 aromatic rings. The highest BCUT2D eigenvalue weighted by Crippen LogP contribution is 2.33. The maximum absolute atomic E-state index is 12.2. The summed E-state index contributed by atoms with van der Waals surface area (Å²) in [5, 5.41) is 8.06. The molecule has 0 radical (unpaired) electrons. The molecular formula is C18H22N4O3S. The molecule has 1 atom stereocenters. The highest BCUT2D eigenvalue weighted by atomic mass is 32.2. The van der Waals surface area contributed by atoms with E-state index >= 15 is 0 Å². The van der Waals surface area contributed by atoms with E-state index in [9.17, 15) is 9.59 Å². The SMILES string of the molecule is C[C@H](Sc1nnc(C2CCCCC2)o1)C(=O)NNC(=O)c1ccccc1. The molecule has 1 fully saturated rings. The zero-order chi connectivity index (χ0) is 18.4. The summed E-state index contributed by atoms with van der Waals surface area (Å²) in [4.78, 5) is 24.1. The predicted octanol–water partition coefficient (Wildman–Crippen LogP) is 3.06. The molecule has 7 nitrogen and oxygen atoms in total. The lowest BCUT2D eigenvalue weighted by molar-refractivity contribution is -0.121. The van der Waals surface area contributed by atoms with Gasteiger partial charge in [-0.2, -0.15) is 0 Å². The summed E-state index contributed by atoms with van der Waals surface area (Å²) in [5.41, 5.74) is 5.30. The van der Waals surface area contributed by atoms with E-state index in [-0.39, 0.29) is 11.8 Å². The first-order chi connectivity index (χ1) is 12.6. The van der Waals surface area contributed by atoms with Crippen molar-refractivity contribution in [1.82, 2.24) is 21.0 Å². The van der Waals surface area contributed by atoms with Gasteiger partial charge in [-0.15, -0.1) is 10.2 Å². The smallest absolute Gasteiger partial charge is 0.277 e. The maximum Gasteiger partial charge on any atom is 0.277 e. The minimum Gasteiger partial charge on any atom is -0.416 e. The second-order valence-electron chi connectivity index (χ2n) is 6.31. The first-order valence-electron chi connectivity index (χ1n) is 8.79. The summed E-state index contributed by atoms with van der Waals surface area (Å²) < 4.78 is 5.71. The Bertz CT molecular complexity index is 744. The average molecular weight is 374 g/mol. The van der Waals surface area contributed by atoms with Crippen LogP contribution in [-0.4, -0.2) is 27.3 Å². The van der Waals surface area contributed by atoms with Crippen LogP contribution in [0.25, 0.3) is 0 Å². The molecule has 1 aromatic heterocycles. The molecule has 1 aliphatic rings. The van der Waals surface area contributed by atoms with Gasteiger partial charge in [0.2, 0.25) is 5.89 Å². The lowest BCUT2D eigenvalue weighted by Crippen LogP contribution is -2.44. The zero-order valence-electron chi connectivity index (χ0n) is 14.6. The quantitative estimate of drug-likeness (QED) is 0.617. The highest BCUT2D eigenvalue weighted by molar-refractivity contribution is 8.00. The van der Waals surface area contributed by atoms with E-state index in [2.05, 4.69) is 21.0 Å². The lowest BCUT2D eigenvalue weighted by atomic mass is 9.89. The van der Waals surface area contributed by atoms with E-state index in [1.165, 1.54) is 31.0 Å². The van der Waals surface area contributed by atoms with Crippen LogP contribution in [0.3, 0.4) is 0 Å². The predicted molar refractivity (Wildman–Crippen MR) is 97.5 cm³/mol. The molecule has 3 rings (SSSR count). The molecule has 1 aromatic carbocycles. The molecule has 0 bridgehead atoms. The van der Waals surface area contributed by atoms with Crippen molar-refractivity contribution < 1.29 is 14.0 Å². The van der Waals surface area contributed by atoms with Gasteiger partial charge >= 0.3 is 0 Å². The summed E-state index contributed by atoms with van der Waals surface area (Å²) in [6, 6.07) is 8.68. The molecule has 8 heteroatoms. The van der Waals surface area contributed by atoms with Crippen molar-refractivity contribution in [2.75, 3.05) is 0 Å². The summed E-state index contributed by atoms with van der Waals surface area (Å²) in [6.07, 6.45) is 5.80. The summed E-state index contributed by atoms with van der Waals surface area (Å²) >= 11 is 1.18. The van der Waals surface area contributed by atoms with E-state index in [0.717, 1.165) is 12.8 Å². The Morgan fingerprint density at radius 1 is 1.12 bits per heavy atom. The third kappa shape index (κ3) is 4.85. The van der Waals surface area contributed by atoms with Crippen molar-refractivity contribution >= 4 is 23.6 Å². The summed E-state index contributed by atoms with van der Waals surface area (Å²) in [6.45, 7) is 1.72. The van der Waals surface area contributed by atoms with Gasteiger partial charge in [0, 0.05) is 11.5 Å². The van der Waals surface area contributed by atoms with Crippen LogP contribution >= 0.6 is 11.8 Å². The number of hydrazine groups is 1. The van der Waals surface area contributed by atoms with Gasteiger partial charge in [0.25, 0.3) is 17.0 Å². The number of benzene rings is 1. The highest BCUT2D eigenvalue weighted by Gasteiger charge is 2.23. The molecule has 2 N–H and O–H groups in total. The van der Waals surface area contributed by atoms with Crippen LogP contribution in [0, 0.1) is 0 Å². The van der Waals surface area contributed by atoms with Crippen LogP contribution in [0.15, 0.2) is 40.0 Å². The fourth-order valence-electron chi connectivity index (χ4n) is 2.87. The first kappa shape index (κ1) is 18.4. The minimum absolute atomic E-state index is 0.333. The molecule has 138 valence electrons. The van der Waals surface area contributed by atoms with Crippen molar-refractivity contribution in [2.45, 2.75) is 55.4 Å². The van der Waals surface area contributed by atoms with Crippen LogP contribution in [0.2, 0.25) is 0 Å². The van der Waals surface area contributed by atoms with E-state index in [1.54, 1.807) is 31.2 Å². The lowest BCUT2D eigenvalue weighted by Gasteiger charge is -2.17. The van der Waals surface area contributed by atoms with Gasteiger partial charge in [0.1, 0.15) is 0 Å². The van der Waals surface area contributed by atoms with Gasteiger partial charge in [0.15, 0.2) is 0 Å². The first-order valence-corrected chi connectivity index (χ1v) is 9.67. The van der Waals surface area contributed by atoms with Gasteiger partial charge < -0.3 is 4.42 Å². The van der Waals surface area contributed by atoms with Crippen molar-refractivity contribution in [2.24, 2.45) is 0 Å². The van der Waals surface area contributed by atoms with Crippen LogP contribution in [-0.2, 0) is 4.79 Å². The zero-order valence-corrected chi connectivity index (χ0v) is 15.4. The molecule has 0 unspecified atom stereocenters. The standard InChI is InChI=1S/C18H22N4O3S/c1-12(15(23)19-20-16(24)13-8-4-2-5-9-13)26-18-22-21-17(25-18)14-10-6-3-7-11-14/h2,4-5,8-9,12,14H,3,6-7,10-11H2,1H3,(H,19,23)(H,20,24)/t12-/m0/s1. The van der Waals surface area contributed by atoms with Crippen LogP contribution in [0.4, 0.5) is 0 Å². The van der Waals surface area contributed by atoms with Gasteiger partial charge in [0.05, 0.1) is 5.25 Å². The second kappa shape index (κ2) is 8.84. The molecule has 1 saturated carbocycles. The fourth-order valence-corrected chi connectivity index (χ4v) is 3.56. The Kier molecular flexibility index (Phi) is 6.27. The van der Waals surface area contributed by atoms with Crippen LogP contribution < -0.4 is 10.9 Å². The third-order valence-electron chi connectivity index (χ3n) is 4.36. The largest absolute Gasteiger partial charge is 0.416 e. The Morgan fingerprint density at radius 3 is 2.58 bits per heavy atom.